The Morgan fingerprint density at radius 3 is 2.59 bits per heavy atom. The van der Waals surface area contributed by atoms with E-state index in [1.165, 1.54) is 5.56 Å². The molecule has 22 heavy (non-hydrogen) atoms. The number of rotatable bonds is 6. The van der Waals surface area contributed by atoms with Crippen LogP contribution in [0.15, 0.2) is 66.1 Å². The highest BCUT2D eigenvalue weighted by atomic mass is 32.2. The molecule has 114 valence electrons. The maximum absolute atomic E-state index is 12.5. The Kier molecular flexibility index (Phi) is 5.84. The van der Waals surface area contributed by atoms with Gasteiger partial charge in [0.1, 0.15) is 0 Å². The molecule has 0 radical (unpaired) electrons. The summed E-state index contributed by atoms with van der Waals surface area (Å²) in [6.45, 7) is 7.78. The molecule has 1 unspecified atom stereocenters. The number of carbonyl (C=O) groups excluding carboxylic acids is 1. The van der Waals surface area contributed by atoms with E-state index in [2.05, 4.69) is 43.1 Å². The lowest BCUT2D eigenvalue weighted by Crippen LogP contribution is -2.27. The minimum absolute atomic E-state index is 0.0226. The Balaban J connectivity index is 2.11. The standard InChI is InChI=1S/C19H21NOS/c1-4-13-22-18-8-6-5-7-17(18)19(21)20-15(3)16-11-9-14(2)10-12-16/h4-12,15H,1,13H2,2-3H3,(H,20,21). The SMILES string of the molecule is C=CCSc1ccccc1C(=O)NC(C)c1ccc(C)cc1. The van der Waals surface area contributed by atoms with E-state index in [9.17, 15) is 4.79 Å². The molecule has 2 aromatic rings. The second kappa shape index (κ2) is 7.85. The first-order valence-electron chi connectivity index (χ1n) is 7.32. The second-order valence-electron chi connectivity index (χ2n) is 5.20. The van der Waals surface area contributed by atoms with Gasteiger partial charge in [-0.05, 0) is 31.5 Å². The van der Waals surface area contributed by atoms with E-state index >= 15 is 0 Å². The first kappa shape index (κ1) is 16.4. The van der Waals surface area contributed by atoms with Gasteiger partial charge in [0.2, 0.25) is 0 Å². The predicted molar refractivity (Wildman–Crippen MR) is 94.4 cm³/mol. The van der Waals surface area contributed by atoms with Crippen LogP contribution >= 0.6 is 11.8 Å². The number of aryl methyl sites for hydroxylation is 1. The normalized spacial score (nSPS) is 11.7. The van der Waals surface area contributed by atoms with Crippen LogP contribution in [0.25, 0.3) is 0 Å². The van der Waals surface area contributed by atoms with E-state index < -0.39 is 0 Å². The number of hydrogen-bond donors (Lipinski definition) is 1. The van der Waals surface area contributed by atoms with Gasteiger partial charge in [0.15, 0.2) is 0 Å². The molecule has 2 nitrogen and oxygen atoms in total. The summed E-state index contributed by atoms with van der Waals surface area (Å²) in [4.78, 5) is 13.5. The van der Waals surface area contributed by atoms with Crippen LogP contribution in [0, 0.1) is 6.92 Å². The first-order chi connectivity index (χ1) is 10.6. The van der Waals surface area contributed by atoms with E-state index in [0.29, 0.717) is 5.56 Å². The van der Waals surface area contributed by atoms with Crippen LogP contribution < -0.4 is 5.32 Å². The lowest BCUT2D eigenvalue weighted by Gasteiger charge is -2.16. The smallest absolute Gasteiger partial charge is 0.252 e. The summed E-state index contributed by atoms with van der Waals surface area (Å²) < 4.78 is 0. The van der Waals surface area contributed by atoms with Crippen molar-refractivity contribution < 1.29 is 4.79 Å². The summed E-state index contributed by atoms with van der Waals surface area (Å²) >= 11 is 1.62. The Morgan fingerprint density at radius 2 is 1.91 bits per heavy atom. The lowest BCUT2D eigenvalue weighted by atomic mass is 10.1. The third-order valence-electron chi connectivity index (χ3n) is 3.41. The predicted octanol–water partition coefficient (Wildman–Crippen LogP) is 4.76. The summed E-state index contributed by atoms with van der Waals surface area (Å²) in [5.74, 6) is 0.748. The van der Waals surface area contributed by atoms with Crippen LogP contribution in [-0.4, -0.2) is 11.7 Å². The summed E-state index contributed by atoms with van der Waals surface area (Å²) in [7, 11) is 0. The van der Waals surface area contributed by atoms with Gasteiger partial charge in [0.25, 0.3) is 5.91 Å². The van der Waals surface area contributed by atoms with Crippen molar-refractivity contribution in [3.8, 4) is 0 Å². The molecular weight excluding hydrogens is 290 g/mol. The Hall–Kier alpha value is -2.00. The van der Waals surface area contributed by atoms with E-state index in [-0.39, 0.29) is 11.9 Å². The molecular formula is C19H21NOS. The fourth-order valence-corrected chi connectivity index (χ4v) is 2.93. The molecule has 0 aliphatic rings. The molecule has 1 atom stereocenters. The molecule has 0 saturated carbocycles. The lowest BCUT2D eigenvalue weighted by molar-refractivity contribution is 0.0937. The average molecular weight is 311 g/mol. The van der Waals surface area contributed by atoms with Gasteiger partial charge in [-0.3, -0.25) is 4.79 Å². The molecule has 0 saturated heterocycles. The van der Waals surface area contributed by atoms with Crippen LogP contribution in [-0.2, 0) is 0 Å². The first-order valence-corrected chi connectivity index (χ1v) is 8.30. The highest BCUT2D eigenvalue weighted by Crippen LogP contribution is 2.23. The molecule has 1 amide bonds. The Labute approximate surface area is 136 Å². The van der Waals surface area contributed by atoms with Crippen LogP contribution in [0.2, 0.25) is 0 Å². The molecule has 0 spiro atoms. The van der Waals surface area contributed by atoms with E-state index in [1.54, 1.807) is 11.8 Å². The van der Waals surface area contributed by atoms with Crippen LogP contribution in [0.4, 0.5) is 0 Å². The molecule has 2 rings (SSSR count). The quantitative estimate of drug-likeness (QED) is 0.615. The van der Waals surface area contributed by atoms with Gasteiger partial charge in [0.05, 0.1) is 11.6 Å². The average Bonchev–Trinajstić information content (AvgIpc) is 2.53. The molecule has 0 heterocycles. The van der Waals surface area contributed by atoms with Crippen LogP contribution in [0.3, 0.4) is 0 Å². The minimum atomic E-state index is -0.0414. The number of nitrogens with one attached hydrogen (secondary N) is 1. The summed E-state index contributed by atoms with van der Waals surface area (Å²) in [5.41, 5.74) is 3.04. The number of hydrogen-bond acceptors (Lipinski definition) is 2. The topological polar surface area (TPSA) is 29.1 Å². The largest absolute Gasteiger partial charge is 0.345 e. The number of amides is 1. The van der Waals surface area contributed by atoms with Crippen molar-refractivity contribution in [1.29, 1.82) is 0 Å². The summed E-state index contributed by atoms with van der Waals surface area (Å²) in [5, 5.41) is 3.07. The molecule has 0 aromatic heterocycles. The van der Waals surface area contributed by atoms with Crippen molar-refractivity contribution in [3.63, 3.8) is 0 Å². The minimum Gasteiger partial charge on any atom is -0.345 e. The van der Waals surface area contributed by atoms with E-state index in [4.69, 9.17) is 0 Å². The third kappa shape index (κ3) is 4.25. The zero-order valence-corrected chi connectivity index (χ0v) is 13.8. The maximum atomic E-state index is 12.5. The fraction of sp³-hybridized carbons (Fsp3) is 0.211. The van der Waals surface area contributed by atoms with Crippen molar-refractivity contribution in [3.05, 3.63) is 77.9 Å². The van der Waals surface area contributed by atoms with Crippen molar-refractivity contribution in [2.75, 3.05) is 5.75 Å². The highest BCUT2D eigenvalue weighted by molar-refractivity contribution is 7.99. The Morgan fingerprint density at radius 1 is 1.23 bits per heavy atom. The summed E-state index contributed by atoms with van der Waals surface area (Å²) in [6.07, 6.45) is 1.84. The van der Waals surface area contributed by atoms with Crippen LogP contribution in [0.5, 0.6) is 0 Å². The second-order valence-corrected chi connectivity index (χ2v) is 6.26. The molecule has 3 heteroatoms. The number of benzene rings is 2. The molecule has 0 bridgehead atoms. The van der Waals surface area contributed by atoms with Gasteiger partial charge in [-0.1, -0.05) is 48.0 Å². The number of carbonyl (C=O) groups is 1. The van der Waals surface area contributed by atoms with Gasteiger partial charge in [0, 0.05) is 10.6 Å². The molecule has 0 aliphatic heterocycles. The molecule has 1 N–H and O–H groups in total. The van der Waals surface area contributed by atoms with Crippen molar-refractivity contribution in [2.45, 2.75) is 24.8 Å². The van der Waals surface area contributed by atoms with Crippen molar-refractivity contribution >= 4 is 17.7 Å². The van der Waals surface area contributed by atoms with Crippen LogP contribution in [0.1, 0.15) is 34.5 Å². The molecule has 0 aliphatic carbocycles. The van der Waals surface area contributed by atoms with Gasteiger partial charge in [-0.25, -0.2) is 0 Å². The Bertz CT molecular complexity index is 649. The number of thioether (sulfide) groups is 1. The van der Waals surface area contributed by atoms with Crippen molar-refractivity contribution in [2.24, 2.45) is 0 Å². The third-order valence-corrected chi connectivity index (χ3v) is 4.48. The zero-order valence-electron chi connectivity index (χ0n) is 13.0. The monoisotopic (exact) mass is 311 g/mol. The fourth-order valence-electron chi connectivity index (χ4n) is 2.14. The highest BCUT2D eigenvalue weighted by Gasteiger charge is 2.14. The maximum Gasteiger partial charge on any atom is 0.252 e. The van der Waals surface area contributed by atoms with Gasteiger partial charge in [-0.2, -0.15) is 0 Å². The van der Waals surface area contributed by atoms with Crippen molar-refractivity contribution in [1.82, 2.24) is 5.32 Å². The zero-order chi connectivity index (χ0) is 15.9. The van der Waals surface area contributed by atoms with E-state index in [1.807, 2.05) is 37.3 Å². The van der Waals surface area contributed by atoms with Gasteiger partial charge >= 0.3 is 0 Å². The molecule has 2 aromatic carbocycles. The molecule has 0 fully saturated rings. The van der Waals surface area contributed by atoms with Gasteiger partial charge < -0.3 is 5.32 Å². The van der Waals surface area contributed by atoms with Gasteiger partial charge in [-0.15, -0.1) is 18.3 Å². The summed E-state index contributed by atoms with van der Waals surface area (Å²) in [6, 6.07) is 15.9. The van der Waals surface area contributed by atoms with E-state index in [0.717, 1.165) is 16.2 Å².